The molecule has 14 N–H and O–H groups in total. The Labute approximate surface area is 395 Å². The molecule has 8 atom stereocenters. The van der Waals surface area contributed by atoms with Crippen molar-refractivity contribution in [3.05, 3.63) is 35.9 Å². The van der Waals surface area contributed by atoms with E-state index < -0.39 is 96.4 Å². The van der Waals surface area contributed by atoms with Crippen molar-refractivity contribution in [2.75, 3.05) is 26.2 Å². The summed E-state index contributed by atoms with van der Waals surface area (Å²) in [6.45, 7) is 11.4. The molecular formula is C47H80N10O10. The zero-order valence-electron chi connectivity index (χ0n) is 40.4. The predicted octanol–water partition coefficient (Wildman–Crippen LogP) is -0.152. The van der Waals surface area contributed by atoms with E-state index in [1.165, 1.54) is 0 Å². The molecule has 1 fully saturated rings. The lowest BCUT2D eigenvalue weighted by molar-refractivity contribution is -0.143. The highest BCUT2D eigenvalue weighted by molar-refractivity contribution is 5.97. The molecule has 1 aromatic carbocycles. The maximum atomic E-state index is 14.1. The maximum Gasteiger partial charge on any atom is 0.326 e. The monoisotopic (exact) mass is 945 g/mol. The van der Waals surface area contributed by atoms with Crippen molar-refractivity contribution in [2.24, 2.45) is 29.2 Å². The molecule has 0 bridgehead atoms. The van der Waals surface area contributed by atoms with Crippen LogP contribution in [-0.4, -0.2) is 132 Å². The Hall–Kier alpha value is -5.18. The van der Waals surface area contributed by atoms with E-state index in [4.69, 9.17) is 11.5 Å². The molecule has 2 rings (SSSR count). The number of unbranched alkanes of at least 4 members (excludes halogenated alkanes) is 2. The summed E-state index contributed by atoms with van der Waals surface area (Å²) in [5.74, 6) is -6.34. The number of aliphatic carboxylic acids is 1. The Morgan fingerprint density at radius 3 is 1.39 bits per heavy atom. The molecule has 378 valence electrons. The van der Waals surface area contributed by atoms with Crippen molar-refractivity contribution in [3.8, 4) is 0 Å². The SMILES string of the molecule is CC(C)C[C@H](NC(=O)[C@H](CCCCN)NC(=O)[C@H](CC(C)C)NC(=O)[C@H](CO)NC(=O)[C@H](CC(C)C)NC(=O)[C@H](CCCCN)NC(=O)[C@H](Cc1ccccc1)NC(=O)[C@@H]1CCCN1)C(=O)O. The third-order valence-corrected chi connectivity index (χ3v) is 11.3. The lowest BCUT2D eigenvalue weighted by Crippen LogP contribution is -2.61. The predicted molar refractivity (Wildman–Crippen MR) is 254 cm³/mol. The first-order chi connectivity index (χ1) is 31.8. The van der Waals surface area contributed by atoms with Gasteiger partial charge in [0, 0.05) is 6.42 Å². The van der Waals surface area contributed by atoms with Crippen LogP contribution in [0.3, 0.4) is 0 Å². The van der Waals surface area contributed by atoms with Crippen molar-refractivity contribution >= 4 is 47.3 Å². The van der Waals surface area contributed by atoms with Gasteiger partial charge in [-0.15, -0.1) is 0 Å². The number of carbonyl (C=O) groups is 8. The molecule has 1 aliphatic rings. The van der Waals surface area contributed by atoms with Crippen molar-refractivity contribution in [3.63, 3.8) is 0 Å². The van der Waals surface area contributed by atoms with Crippen molar-refractivity contribution in [2.45, 2.75) is 167 Å². The van der Waals surface area contributed by atoms with Crippen LogP contribution in [-0.2, 0) is 44.8 Å². The largest absolute Gasteiger partial charge is 0.480 e. The van der Waals surface area contributed by atoms with E-state index >= 15 is 0 Å². The van der Waals surface area contributed by atoms with Crippen LogP contribution in [0, 0.1) is 17.8 Å². The molecule has 1 heterocycles. The number of amides is 7. The zero-order chi connectivity index (χ0) is 50.1. The Balaban J connectivity index is 2.30. The van der Waals surface area contributed by atoms with E-state index in [1.807, 2.05) is 71.9 Å². The average Bonchev–Trinajstić information content (AvgIpc) is 3.82. The smallest absolute Gasteiger partial charge is 0.326 e. The number of hydrogen-bond donors (Lipinski definition) is 12. The fourth-order valence-electron chi connectivity index (χ4n) is 7.69. The van der Waals surface area contributed by atoms with Gasteiger partial charge in [-0.05, 0) is 114 Å². The topological polar surface area (TPSA) is 325 Å². The van der Waals surface area contributed by atoms with Gasteiger partial charge in [-0.1, -0.05) is 71.9 Å². The summed E-state index contributed by atoms with van der Waals surface area (Å²) in [7, 11) is 0. The molecule has 0 unspecified atom stereocenters. The molecule has 0 saturated carbocycles. The average molecular weight is 945 g/mol. The van der Waals surface area contributed by atoms with Gasteiger partial charge < -0.3 is 64.2 Å². The van der Waals surface area contributed by atoms with Gasteiger partial charge in [-0.2, -0.15) is 0 Å². The maximum absolute atomic E-state index is 14.1. The number of aliphatic hydroxyl groups excluding tert-OH is 1. The molecule has 1 aliphatic heterocycles. The standard InChI is InChI=1S/C47H80N10O10/c1-28(2)23-35(43(62)51-34(18-11-13-21-49)42(61)56-38(47(66)67)25-30(5)6)54-46(65)39(27-58)57-44(63)36(24-29(3)4)53-41(60)33(17-10-12-20-48)52-45(64)37(26-31-15-8-7-9-16-31)55-40(59)32-19-14-22-50-32/h7-9,15-16,28-30,32-39,50,58H,10-14,17-27,48-49H2,1-6H3,(H,51,62)(H,52,64)(H,53,60)(H,54,65)(H,55,59)(H,56,61)(H,57,63)(H,66,67)/t32-,33-,34-,35-,36-,37-,38-,39-/m0/s1. The van der Waals surface area contributed by atoms with Crippen molar-refractivity contribution in [1.82, 2.24) is 42.5 Å². The van der Waals surface area contributed by atoms with E-state index in [2.05, 4.69) is 42.5 Å². The first kappa shape index (κ1) is 57.9. The van der Waals surface area contributed by atoms with Crippen LogP contribution in [0.15, 0.2) is 30.3 Å². The molecule has 20 nitrogen and oxygen atoms in total. The molecule has 0 spiro atoms. The number of carboxylic acid groups (broad SMARTS) is 1. The summed E-state index contributed by atoms with van der Waals surface area (Å²) in [5.41, 5.74) is 12.2. The Kier molecular flexibility index (Phi) is 26.8. The third kappa shape index (κ3) is 22.0. The lowest BCUT2D eigenvalue weighted by atomic mass is 10.00. The molecular weight excluding hydrogens is 865 g/mol. The van der Waals surface area contributed by atoms with Gasteiger partial charge in [0.2, 0.25) is 41.4 Å². The Morgan fingerprint density at radius 2 is 0.970 bits per heavy atom. The Bertz CT molecular complexity index is 1730. The lowest BCUT2D eigenvalue weighted by Gasteiger charge is -2.28. The number of benzene rings is 1. The van der Waals surface area contributed by atoms with E-state index in [0.717, 1.165) is 12.0 Å². The number of nitrogens with two attached hydrogens (primary N) is 2. The van der Waals surface area contributed by atoms with Crippen LogP contribution in [0.25, 0.3) is 0 Å². The highest BCUT2D eigenvalue weighted by Crippen LogP contribution is 2.13. The van der Waals surface area contributed by atoms with Crippen LogP contribution in [0.1, 0.15) is 118 Å². The van der Waals surface area contributed by atoms with Crippen LogP contribution in [0.4, 0.5) is 0 Å². The second-order valence-electron chi connectivity index (χ2n) is 18.7. The minimum atomic E-state index is -1.57. The van der Waals surface area contributed by atoms with Crippen LogP contribution in [0.2, 0.25) is 0 Å². The second kappa shape index (κ2) is 31.0. The van der Waals surface area contributed by atoms with Gasteiger partial charge in [0.1, 0.15) is 42.3 Å². The summed E-state index contributed by atoms with van der Waals surface area (Å²) in [6, 6.07) is 0.128. The van der Waals surface area contributed by atoms with Gasteiger partial charge >= 0.3 is 5.97 Å². The van der Waals surface area contributed by atoms with E-state index in [9.17, 15) is 48.6 Å². The first-order valence-electron chi connectivity index (χ1n) is 23.9. The first-order valence-corrected chi connectivity index (χ1v) is 23.9. The van der Waals surface area contributed by atoms with E-state index in [0.29, 0.717) is 51.7 Å². The molecule has 1 saturated heterocycles. The molecule has 1 aromatic rings. The number of nitrogens with one attached hydrogen (secondary N) is 8. The van der Waals surface area contributed by atoms with Gasteiger partial charge in [0.05, 0.1) is 12.6 Å². The summed E-state index contributed by atoms with van der Waals surface area (Å²) >= 11 is 0. The summed E-state index contributed by atoms with van der Waals surface area (Å²) in [4.78, 5) is 108. The number of rotatable bonds is 32. The van der Waals surface area contributed by atoms with Gasteiger partial charge in [-0.3, -0.25) is 33.6 Å². The van der Waals surface area contributed by atoms with Gasteiger partial charge in [0.15, 0.2) is 0 Å². The van der Waals surface area contributed by atoms with Gasteiger partial charge in [-0.25, -0.2) is 4.79 Å². The van der Waals surface area contributed by atoms with E-state index in [1.54, 1.807) is 0 Å². The second-order valence-corrected chi connectivity index (χ2v) is 18.7. The highest BCUT2D eigenvalue weighted by atomic mass is 16.4. The van der Waals surface area contributed by atoms with Crippen molar-refractivity contribution in [1.29, 1.82) is 0 Å². The molecule has 0 radical (unpaired) electrons. The van der Waals surface area contributed by atoms with Crippen LogP contribution in [0.5, 0.6) is 0 Å². The molecule has 7 amide bonds. The number of aliphatic hydroxyl groups is 1. The summed E-state index contributed by atoms with van der Waals surface area (Å²) in [6.07, 6.45) is 4.23. The number of carbonyl (C=O) groups excluding carboxylic acids is 7. The van der Waals surface area contributed by atoms with Gasteiger partial charge in [0.25, 0.3) is 0 Å². The van der Waals surface area contributed by atoms with Crippen molar-refractivity contribution < 1.29 is 48.6 Å². The summed E-state index contributed by atoms with van der Waals surface area (Å²) < 4.78 is 0. The third-order valence-electron chi connectivity index (χ3n) is 11.3. The number of carboxylic acids is 1. The highest BCUT2D eigenvalue weighted by Gasteiger charge is 2.35. The fraction of sp³-hybridized carbons (Fsp3) is 0.702. The molecule has 0 aromatic heterocycles. The normalized spacial score (nSPS) is 16.7. The summed E-state index contributed by atoms with van der Waals surface area (Å²) in [5, 5.41) is 41.9. The zero-order valence-corrected chi connectivity index (χ0v) is 40.4. The molecule has 0 aliphatic carbocycles. The van der Waals surface area contributed by atoms with Crippen LogP contribution < -0.4 is 54.0 Å². The minimum absolute atomic E-state index is 0.0470. The minimum Gasteiger partial charge on any atom is -0.480 e. The Morgan fingerprint density at radius 1 is 0.567 bits per heavy atom. The molecule has 20 heteroatoms. The fourth-order valence-corrected chi connectivity index (χ4v) is 7.69. The molecule has 67 heavy (non-hydrogen) atoms. The quantitative estimate of drug-likeness (QED) is 0.0419. The number of hydrogen-bond acceptors (Lipinski definition) is 12. The van der Waals surface area contributed by atoms with E-state index in [-0.39, 0.29) is 62.2 Å². The van der Waals surface area contributed by atoms with Crippen LogP contribution >= 0.6 is 0 Å².